The summed E-state index contributed by atoms with van der Waals surface area (Å²) in [4.78, 5) is 35.5. The lowest BCUT2D eigenvalue weighted by atomic mass is 9.99. The van der Waals surface area contributed by atoms with Gasteiger partial charge in [0.1, 0.15) is 17.5 Å². The van der Waals surface area contributed by atoms with E-state index in [4.69, 9.17) is 9.57 Å². The number of rotatable bonds is 10. The quantitative estimate of drug-likeness (QED) is 0.230. The van der Waals surface area contributed by atoms with Crippen LogP contribution in [-0.2, 0) is 16.1 Å². The topological polar surface area (TPSA) is 80.8 Å². The lowest BCUT2D eigenvalue weighted by molar-refractivity contribution is 0.0520. The summed E-state index contributed by atoms with van der Waals surface area (Å²) in [5.41, 5.74) is 3.19. The number of amides is 1. The number of anilines is 1. The first kappa shape index (κ1) is 24.7. The van der Waals surface area contributed by atoms with Crippen LogP contribution in [0.25, 0.3) is 0 Å². The van der Waals surface area contributed by atoms with Crippen molar-refractivity contribution in [2.45, 2.75) is 32.4 Å². The fourth-order valence-corrected chi connectivity index (χ4v) is 4.53. The molecular formula is C24H22F3N3O4S. The highest BCUT2D eigenvalue weighted by molar-refractivity contribution is 7.13. The molecule has 0 aliphatic carbocycles. The van der Waals surface area contributed by atoms with Crippen LogP contribution in [0.15, 0.2) is 41.8 Å². The number of hydrogen-bond donors (Lipinski definition) is 1. The zero-order valence-corrected chi connectivity index (χ0v) is 19.5. The Bertz CT molecular complexity index is 1220. The van der Waals surface area contributed by atoms with Crippen LogP contribution in [0.5, 0.6) is 0 Å². The molecule has 0 spiro atoms. The molecule has 3 aromatic rings. The molecule has 0 saturated carbocycles. The average Bonchev–Trinajstić information content (AvgIpc) is 3.42. The van der Waals surface area contributed by atoms with Gasteiger partial charge in [0.2, 0.25) is 5.13 Å². The summed E-state index contributed by atoms with van der Waals surface area (Å²) in [5.74, 6) is -3.00. The highest BCUT2D eigenvalue weighted by Gasteiger charge is 2.40. The number of aromatic nitrogens is 1. The number of hydrogen-bond acceptors (Lipinski definition) is 7. The van der Waals surface area contributed by atoms with Gasteiger partial charge in [-0.15, -0.1) is 11.3 Å². The molecule has 2 heterocycles. The normalized spacial score (nSPS) is 14.8. The number of fused-ring (bicyclic) bond motifs is 1. The van der Waals surface area contributed by atoms with E-state index in [1.807, 2.05) is 0 Å². The largest absolute Gasteiger partial charge is 0.461 e. The molecule has 1 aliphatic heterocycles. The molecule has 11 heteroatoms. The van der Waals surface area contributed by atoms with Crippen molar-refractivity contribution in [3.63, 3.8) is 0 Å². The maximum absolute atomic E-state index is 14.7. The number of nitrogens with zero attached hydrogens (tertiary/aromatic N) is 2. The summed E-state index contributed by atoms with van der Waals surface area (Å²) in [6.07, 6.45) is 0.699. The summed E-state index contributed by atoms with van der Waals surface area (Å²) in [7, 11) is 0. The maximum Gasteiger partial charge on any atom is 0.357 e. The van der Waals surface area contributed by atoms with E-state index in [1.54, 1.807) is 6.92 Å². The van der Waals surface area contributed by atoms with E-state index in [-0.39, 0.29) is 36.6 Å². The Labute approximate surface area is 203 Å². The zero-order valence-electron chi connectivity index (χ0n) is 18.7. The Morgan fingerprint density at radius 2 is 1.89 bits per heavy atom. The first-order valence-electron chi connectivity index (χ1n) is 10.9. The van der Waals surface area contributed by atoms with E-state index < -0.39 is 35.4 Å². The molecule has 35 heavy (non-hydrogen) atoms. The van der Waals surface area contributed by atoms with E-state index in [9.17, 15) is 22.8 Å². The molecule has 0 radical (unpaired) electrons. The average molecular weight is 506 g/mol. The van der Waals surface area contributed by atoms with Crippen molar-refractivity contribution in [2.75, 3.05) is 18.7 Å². The lowest BCUT2D eigenvalue weighted by Gasteiger charge is -2.25. The van der Waals surface area contributed by atoms with Crippen molar-refractivity contribution in [1.29, 1.82) is 0 Å². The molecule has 0 fully saturated rings. The van der Waals surface area contributed by atoms with Crippen LogP contribution in [0.3, 0.4) is 0 Å². The molecule has 1 aliphatic rings. The van der Waals surface area contributed by atoms with Gasteiger partial charge >= 0.3 is 5.97 Å². The van der Waals surface area contributed by atoms with Crippen LogP contribution in [0.2, 0.25) is 0 Å². The van der Waals surface area contributed by atoms with Crippen molar-refractivity contribution in [1.82, 2.24) is 9.88 Å². The fraction of sp³-hybridized carbons (Fsp3) is 0.292. The van der Waals surface area contributed by atoms with Crippen LogP contribution >= 0.6 is 11.3 Å². The summed E-state index contributed by atoms with van der Waals surface area (Å²) < 4.78 is 47.3. The molecule has 1 amide bonds. The molecule has 1 N–H and O–H groups in total. The number of ether oxygens (including phenoxy) is 1. The summed E-state index contributed by atoms with van der Waals surface area (Å²) in [6, 6.07) is 6.84. The molecule has 4 rings (SSSR count). The van der Waals surface area contributed by atoms with Crippen LogP contribution < -0.4 is 5.48 Å². The third-order valence-corrected chi connectivity index (χ3v) is 6.20. The van der Waals surface area contributed by atoms with Gasteiger partial charge in [-0.2, -0.15) is 0 Å². The number of nitrogens with one attached hydrogen (secondary N) is 1. The monoisotopic (exact) mass is 505 g/mol. The van der Waals surface area contributed by atoms with Gasteiger partial charge in [0, 0.05) is 17.5 Å². The minimum Gasteiger partial charge on any atom is -0.461 e. The molecule has 1 unspecified atom stereocenters. The second kappa shape index (κ2) is 10.9. The van der Waals surface area contributed by atoms with Crippen molar-refractivity contribution in [3.8, 4) is 0 Å². The number of thiazole rings is 1. The molecule has 0 saturated heterocycles. The summed E-state index contributed by atoms with van der Waals surface area (Å²) in [5, 5.41) is 1.90. The Balaban J connectivity index is 1.40. The second-order valence-corrected chi connectivity index (χ2v) is 8.60. The van der Waals surface area contributed by atoms with E-state index in [0.717, 1.165) is 12.1 Å². The zero-order chi connectivity index (χ0) is 24.9. The summed E-state index contributed by atoms with van der Waals surface area (Å²) >= 11 is 1.17. The molecule has 7 nitrogen and oxygen atoms in total. The smallest absolute Gasteiger partial charge is 0.357 e. The molecule has 0 bridgehead atoms. The Kier molecular flexibility index (Phi) is 7.67. The number of halogens is 3. The van der Waals surface area contributed by atoms with Gasteiger partial charge < -0.3 is 9.64 Å². The van der Waals surface area contributed by atoms with Gasteiger partial charge in [-0.25, -0.2) is 28.4 Å². The van der Waals surface area contributed by atoms with Crippen molar-refractivity contribution >= 4 is 28.3 Å². The van der Waals surface area contributed by atoms with E-state index >= 15 is 0 Å². The Morgan fingerprint density at radius 3 is 2.63 bits per heavy atom. The molecule has 2 aromatic carbocycles. The van der Waals surface area contributed by atoms with Crippen molar-refractivity contribution in [3.05, 3.63) is 81.6 Å². The highest BCUT2D eigenvalue weighted by atomic mass is 32.1. The van der Waals surface area contributed by atoms with Gasteiger partial charge in [-0.1, -0.05) is 12.1 Å². The molecular weight excluding hydrogens is 483 g/mol. The van der Waals surface area contributed by atoms with E-state index in [0.29, 0.717) is 23.5 Å². The number of esters is 1. The number of benzene rings is 2. The van der Waals surface area contributed by atoms with Crippen LogP contribution in [0, 0.1) is 17.5 Å². The lowest BCUT2D eigenvalue weighted by Crippen LogP contribution is -2.28. The first-order chi connectivity index (χ1) is 16.9. The SMILES string of the molecule is CCOC(=O)c1csc(NOCCCC2c3c(F)ccc(F)c3C(=O)N2Cc2ccc(F)cc2)n1. The third kappa shape index (κ3) is 5.46. The molecule has 1 aromatic heterocycles. The summed E-state index contributed by atoms with van der Waals surface area (Å²) in [6.45, 7) is 2.19. The predicted octanol–water partition coefficient (Wildman–Crippen LogP) is 5.26. The predicted molar refractivity (Wildman–Crippen MR) is 122 cm³/mol. The van der Waals surface area contributed by atoms with Gasteiger partial charge in [-0.05, 0) is 49.6 Å². The van der Waals surface area contributed by atoms with Gasteiger partial charge in [0.25, 0.3) is 5.91 Å². The Morgan fingerprint density at radius 1 is 1.14 bits per heavy atom. The van der Waals surface area contributed by atoms with Crippen LogP contribution in [0.1, 0.15) is 57.8 Å². The van der Waals surface area contributed by atoms with Gasteiger partial charge in [0.15, 0.2) is 5.69 Å². The van der Waals surface area contributed by atoms with Crippen LogP contribution in [0.4, 0.5) is 18.3 Å². The maximum atomic E-state index is 14.7. The minimum absolute atomic E-state index is 0.0177. The van der Waals surface area contributed by atoms with E-state index in [1.165, 1.54) is 45.9 Å². The second-order valence-electron chi connectivity index (χ2n) is 7.74. The number of carbonyl (C=O) groups excluding carboxylic acids is 2. The first-order valence-corrected chi connectivity index (χ1v) is 11.8. The van der Waals surface area contributed by atoms with Gasteiger partial charge in [0.05, 0.1) is 24.8 Å². The van der Waals surface area contributed by atoms with Crippen molar-refractivity contribution < 1.29 is 32.3 Å². The standard InChI is InChI=1S/C24H22F3N3O4S/c1-2-33-23(32)18-13-35-24(28-18)29-34-11-3-4-19-20-16(26)9-10-17(27)21(20)22(31)30(19)12-14-5-7-15(25)8-6-14/h5-10,13,19H,2-4,11-12H2,1H3,(H,28,29). The van der Waals surface area contributed by atoms with Gasteiger partial charge in [-0.3, -0.25) is 9.63 Å². The fourth-order valence-electron chi connectivity index (χ4n) is 3.90. The number of carbonyl (C=O) groups is 2. The molecule has 1 atom stereocenters. The Hall–Kier alpha value is -3.44. The van der Waals surface area contributed by atoms with Crippen molar-refractivity contribution in [2.24, 2.45) is 0 Å². The van der Waals surface area contributed by atoms with E-state index in [2.05, 4.69) is 10.5 Å². The third-order valence-electron chi connectivity index (χ3n) is 5.46. The molecule has 184 valence electrons. The minimum atomic E-state index is -0.780. The highest BCUT2D eigenvalue weighted by Crippen LogP contribution is 2.40. The van der Waals surface area contributed by atoms with Crippen LogP contribution in [-0.4, -0.2) is 35.0 Å².